The zero-order chi connectivity index (χ0) is 29.7. The summed E-state index contributed by atoms with van der Waals surface area (Å²) in [7, 11) is 0. The number of aliphatic hydroxyl groups excluding tert-OH is 1. The largest absolute Gasteiger partial charge is 0.458 e. The second-order valence-electron chi connectivity index (χ2n) is 11.8. The summed E-state index contributed by atoms with van der Waals surface area (Å²) in [4.78, 5) is 39.2. The Morgan fingerprint density at radius 3 is 2.52 bits per heavy atom. The van der Waals surface area contributed by atoms with Crippen LogP contribution in [0.15, 0.2) is 48.5 Å². The molecule has 0 bridgehead atoms. The maximum atomic E-state index is 17.6. The van der Waals surface area contributed by atoms with Crippen LogP contribution in [0.4, 0.5) is 13.2 Å². The highest BCUT2D eigenvalue weighted by atomic mass is 32.2. The summed E-state index contributed by atoms with van der Waals surface area (Å²) in [6.45, 7) is 9.97. The Morgan fingerprint density at radius 2 is 1.98 bits per heavy atom. The lowest BCUT2D eigenvalue weighted by Crippen LogP contribution is -2.70. The second kappa shape index (κ2) is 10.8. The topological polar surface area (TPSA) is 89.9 Å². The van der Waals surface area contributed by atoms with Crippen molar-refractivity contribution in [2.24, 2.45) is 28.6 Å². The number of hydrogen-bond donors (Lipinski definition) is 1. The van der Waals surface area contributed by atoms with Gasteiger partial charge in [0, 0.05) is 22.7 Å². The van der Waals surface area contributed by atoms with Crippen molar-refractivity contribution in [3.8, 4) is 0 Å². The van der Waals surface area contributed by atoms with E-state index in [1.807, 2.05) is 0 Å². The molecule has 0 radical (unpaired) electrons. The molecule has 9 unspecified atom stereocenters. The molecule has 4 aliphatic rings. The van der Waals surface area contributed by atoms with Crippen LogP contribution in [-0.4, -0.2) is 51.5 Å². The average Bonchev–Trinajstić information content (AvgIpc) is 3.16. The third-order valence-electron chi connectivity index (χ3n) is 10.1. The van der Waals surface area contributed by atoms with Crippen LogP contribution in [0, 0.1) is 28.6 Å². The standard InChI is InChI=1S/C30H37F3O6S/c1-6-18-13-19-20-14-22(32)21(12-17(3)34)27(4,7-2)29(20,33)24(35)15-28(19,5)30(18,26(37)40-16-31)39-25(36)23-10-8-9-11-38-23/h6,9-12,18-20,22,24,35H,1,7-8,13-16H2,2-5H3. The Labute approximate surface area is 237 Å². The zero-order valence-corrected chi connectivity index (χ0v) is 24.1. The molecule has 3 aliphatic carbocycles. The number of ketones is 1. The van der Waals surface area contributed by atoms with E-state index in [1.54, 1.807) is 19.9 Å². The molecular weight excluding hydrogens is 545 g/mol. The van der Waals surface area contributed by atoms with Crippen LogP contribution < -0.4 is 0 Å². The van der Waals surface area contributed by atoms with Gasteiger partial charge in [0.05, 0.1) is 12.4 Å². The maximum Gasteiger partial charge on any atom is 0.374 e. The minimum absolute atomic E-state index is 0.0124. The van der Waals surface area contributed by atoms with Gasteiger partial charge in [0.2, 0.25) is 10.9 Å². The molecular formula is C30H37F3O6S. The molecule has 4 rings (SSSR count). The molecule has 0 saturated heterocycles. The van der Waals surface area contributed by atoms with Crippen LogP contribution >= 0.6 is 11.8 Å². The minimum Gasteiger partial charge on any atom is -0.458 e. The van der Waals surface area contributed by atoms with Crippen molar-refractivity contribution in [1.82, 2.24) is 0 Å². The van der Waals surface area contributed by atoms with Crippen LogP contribution in [0.5, 0.6) is 0 Å². The van der Waals surface area contributed by atoms with E-state index in [-0.39, 0.29) is 37.0 Å². The van der Waals surface area contributed by atoms with E-state index in [1.165, 1.54) is 32.3 Å². The van der Waals surface area contributed by atoms with Gasteiger partial charge in [-0.05, 0) is 80.5 Å². The summed E-state index contributed by atoms with van der Waals surface area (Å²) < 4.78 is 58.5. The van der Waals surface area contributed by atoms with Crippen molar-refractivity contribution < 1.29 is 42.1 Å². The van der Waals surface area contributed by atoms with Crippen LogP contribution in [0.3, 0.4) is 0 Å². The Bertz CT molecular complexity index is 1180. The van der Waals surface area contributed by atoms with E-state index < -0.39 is 75.0 Å². The number of halogens is 3. The molecule has 9 atom stereocenters. The van der Waals surface area contributed by atoms with Gasteiger partial charge >= 0.3 is 5.97 Å². The quantitative estimate of drug-likeness (QED) is 0.228. The monoisotopic (exact) mass is 582 g/mol. The summed E-state index contributed by atoms with van der Waals surface area (Å²) in [5, 5.41) is 10.9. The highest BCUT2D eigenvalue weighted by Gasteiger charge is 2.78. The molecule has 3 fully saturated rings. The molecule has 0 aromatic carbocycles. The van der Waals surface area contributed by atoms with Crippen LogP contribution in [-0.2, 0) is 23.9 Å². The normalized spacial score (nSPS) is 43.2. The van der Waals surface area contributed by atoms with Gasteiger partial charge in [0.15, 0.2) is 11.4 Å². The number of rotatable bonds is 7. The number of carbonyl (C=O) groups excluding carboxylic acids is 3. The Kier molecular flexibility index (Phi) is 8.28. The van der Waals surface area contributed by atoms with Gasteiger partial charge in [-0.1, -0.05) is 26.8 Å². The fourth-order valence-electron chi connectivity index (χ4n) is 8.14. The molecule has 6 nitrogen and oxygen atoms in total. The fraction of sp³-hybridized carbons (Fsp3) is 0.633. The van der Waals surface area contributed by atoms with Crippen molar-refractivity contribution in [3.63, 3.8) is 0 Å². The van der Waals surface area contributed by atoms with Gasteiger partial charge in [-0.3, -0.25) is 9.59 Å². The molecule has 1 aliphatic heterocycles. The first-order valence-corrected chi connectivity index (χ1v) is 14.6. The number of thioether (sulfide) groups is 1. The molecule has 40 heavy (non-hydrogen) atoms. The van der Waals surface area contributed by atoms with E-state index in [0.717, 1.165) is 6.08 Å². The fourth-order valence-corrected chi connectivity index (χ4v) is 8.88. The number of fused-ring (bicyclic) bond motifs is 3. The predicted octanol–water partition coefficient (Wildman–Crippen LogP) is 5.86. The van der Waals surface area contributed by atoms with E-state index in [9.17, 15) is 23.9 Å². The first kappa shape index (κ1) is 30.6. The summed E-state index contributed by atoms with van der Waals surface area (Å²) >= 11 is 0.330. The van der Waals surface area contributed by atoms with E-state index in [4.69, 9.17) is 9.47 Å². The predicted molar refractivity (Wildman–Crippen MR) is 145 cm³/mol. The van der Waals surface area contributed by atoms with Gasteiger partial charge in [0.25, 0.3) is 0 Å². The highest BCUT2D eigenvalue weighted by molar-refractivity contribution is 8.13. The van der Waals surface area contributed by atoms with E-state index in [2.05, 4.69) is 6.58 Å². The number of esters is 1. The lowest BCUT2D eigenvalue weighted by molar-refractivity contribution is -0.234. The van der Waals surface area contributed by atoms with Gasteiger partial charge in [-0.2, -0.15) is 0 Å². The molecule has 10 heteroatoms. The number of allylic oxidation sites excluding steroid dienone is 4. The summed E-state index contributed by atoms with van der Waals surface area (Å²) in [5.74, 6) is -4.22. The smallest absolute Gasteiger partial charge is 0.374 e. The van der Waals surface area contributed by atoms with Gasteiger partial charge in [-0.25, -0.2) is 18.0 Å². The summed E-state index contributed by atoms with van der Waals surface area (Å²) in [6, 6.07) is -1.09. The lowest BCUT2D eigenvalue weighted by Gasteiger charge is -2.63. The average molecular weight is 583 g/mol. The second-order valence-corrected chi connectivity index (χ2v) is 12.6. The van der Waals surface area contributed by atoms with Crippen molar-refractivity contribution in [2.75, 3.05) is 6.01 Å². The number of ether oxygens (including phenoxy) is 2. The van der Waals surface area contributed by atoms with E-state index >= 15 is 8.78 Å². The number of hydrogen-bond acceptors (Lipinski definition) is 7. The van der Waals surface area contributed by atoms with Crippen molar-refractivity contribution in [3.05, 3.63) is 48.5 Å². The number of carbonyl (C=O) groups is 3. The third kappa shape index (κ3) is 4.15. The Balaban J connectivity index is 1.88. The molecule has 3 saturated carbocycles. The lowest BCUT2D eigenvalue weighted by atomic mass is 9.44. The third-order valence-corrected chi connectivity index (χ3v) is 10.8. The first-order chi connectivity index (χ1) is 18.8. The SMILES string of the molecule is C=CC1CC2C3CC(F)C(=CC(C)=O)C(C)(CC)C3(F)C(O)CC2(C)C1(OC(=O)C1=CCC=CO1)C(=O)SCF. The zero-order valence-electron chi connectivity index (χ0n) is 23.3. The van der Waals surface area contributed by atoms with Gasteiger partial charge in [-0.15, -0.1) is 6.58 Å². The molecule has 0 aromatic rings. The minimum atomic E-state index is -2.35. The molecule has 0 amide bonds. The Hall–Kier alpha value is -2.33. The number of aliphatic hydroxyl groups is 1. The summed E-state index contributed by atoms with van der Waals surface area (Å²) in [6.07, 6.45) is 3.62. The van der Waals surface area contributed by atoms with Gasteiger partial charge in [0.1, 0.15) is 17.8 Å². The van der Waals surface area contributed by atoms with Crippen molar-refractivity contribution >= 4 is 28.6 Å². The van der Waals surface area contributed by atoms with Crippen LogP contribution in [0.1, 0.15) is 59.8 Å². The summed E-state index contributed by atoms with van der Waals surface area (Å²) in [5.41, 5.74) is -7.28. The first-order valence-electron chi connectivity index (χ1n) is 13.6. The molecule has 220 valence electrons. The highest BCUT2D eigenvalue weighted by Crippen LogP contribution is 2.72. The van der Waals surface area contributed by atoms with Gasteiger partial charge < -0.3 is 14.6 Å². The van der Waals surface area contributed by atoms with Crippen molar-refractivity contribution in [2.45, 2.75) is 83.3 Å². The Morgan fingerprint density at radius 1 is 1.27 bits per heavy atom. The maximum absolute atomic E-state index is 17.6. The molecule has 0 spiro atoms. The number of alkyl halides is 3. The van der Waals surface area contributed by atoms with Crippen LogP contribution in [0.25, 0.3) is 0 Å². The van der Waals surface area contributed by atoms with Crippen LogP contribution in [0.2, 0.25) is 0 Å². The molecule has 1 N–H and O–H groups in total. The molecule has 0 aromatic heterocycles. The van der Waals surface area contributed by atoms with Crippen molar-refractivity contribution in [1.29, 1.82) is 0 Å². The van der Waals surface area contributed by atoms with E-state index in [0.29, 0.717) is 18.2 Å². The molecule has 1 heterocycles.